The first-order chi connectivity index (χ1) is 20.4. The number of carboxylic acid groups (broad SMARTS) is 1. The number of pyridine rings is 1. The van der Waals surface area contributed by atoms with E-state index in [-0.39, 0.29) is 17.4 Å². The Balaban J connectivity index is 1.51. The average Bonchev–Trinajstić information content (AvgIpc) is 3.29. The molecule has 1 N–H and O–H groups in total. The van der Waals surface area contributed by atoms with Gasteiger partial charge in [-0.2, -0.15) is 0 Å². The molecule has 1 aliphatic carbocycles. The first-order valence-corrected chi connectivity index (χ1v) is 14.9. The molecule has 0 bridgehead atoms. The van der Waals surface area contributed by atoms with Gasteiger partial charge in [-0.1, -0.05) is 25.0 Å². The fourth-order valence-corrected chi connectivity index (χ4v) is 6.46. The highest BCUT2D eigenvalue weighted by Gasteiger charge is 2.35. The molecule has 4 aromatic rings. The maximum Gasteiger partial charge on any atom is 0.335 e. The van der Waals surface area contributed by atoms with E-state index < -0.39 is 12.1 Å². The van der Waals surface area contributed by atoms with Crippen LogP contribution in [0, 0.1) is 5.92 Å². The largest absolute Gasteiger partial charge is 0.492 e. The summed E-state index contributed by atoms with van der Waals surface area (Å²) in [5.41, 5.74) is 4.69. The Hall–Kier alpha value is -3.91. The van der Waals surface area contributed by atoms with Crippen molar-refractivity contribution >= 4 is 16.9 Å². The van der Waals surface area contributed by atoms with Crippen LogP contribution in [0.4, 0.5) is 4.39 Å². The van der Waals surface area contributed by atoms with Gasteiger partial charge in [0, 0.05) is 47.1 Å². The van der Waals surface area contributed by atoms with E-state index >= 15 is 4.39 Å². The van der Waals surface area contributed by atoms with Gasteiger partial charge in [-0.05, 0) is 81.9 Å². The quantitative estimate of drug-likeness (QED) is 0.247. The summed E-state index contributed by atoms with van der Waals surface area (Å²) in [7, 11) is 4.12. The number of halogens is 1. The summed E-state index contributed by atoms with van der Waals surface area (Å²) >= 11 is 0. The number of fused-ring (bicyclic) bond motifs is 5. The molecule has 8 heteroatoms. The molecule has 0 amide bonds. The molecule has 220 valence electrons. The zero-order chi connectivity index (χ0) is 29.2. The van der Waals surface area contributed by atoms with Gasteiger partial charge in [0.15, 0.2) is 0 Å². The fourth-order valence-electron chi connectivity index (χ4n) is 6.46. The van der Waals surface area contributed by atoms with Gasteiger partial charge in [0.1, 0.15) is 24.3 Å². The summed E-state index contributed by atoms with van der Waals surface area (Å²) in [4.78, 5) is 18.5. The summed E-state index contributed by atoms with van der Waals surface area (Å²) < 4.78 is 30.6. The lowest BCUT2D eigenvalue weighted by Crippen LogP contribution is -2.26. The average molecular weight is 572 g/mol. The normalized spacial score (nSPS) is 20.3. The lowest BCUT2D eigenvalue weighted by Gasteiger charge is -2.30. The number of aromatic carboxylic acids is 1. The molecule has 3 heterocycles. The van der Waals surface area contributed by atoms with Crippen molar-refractivity contribution in [2.75, 3.05) is 27.2 Å². The van der Waals surface area contributed by atoms with Crippen LogP contribution in [0.25, 0.3) is 22.2 Å². The predicted molar refractivity (Wildman–Crippen MR) is 161 cm³/mol. The van der Waals surface area contributed by atoms with Gasteiger partial charge in [0.25, 0.3) is 0 Å². The van der Waals surface area contributed by atoms with E-state index in [0.717, 1.165) is 65.6 Å². The summed E-state index contributed by atoms with van der Waals surface area (Å²) in [6, 6.07) is 16.9. The second-order valence-corrected chi connectivity index (χ2v) is 11.9. The van der Waals surface area contributed by atoms with Crippen molar-refractivity contribution in [1.82, 2.24) is 14.5 Å². The van der Waals surface area contributed by atoms with Crippen LogP contribution < -0.4 is 9.47 Å². The van der Waals surface area contributed by atoms with Gasteiger partial charge in [-0.15, -0.1) is 0 Å². The highest BCUT2D eigenvalue weighted by atomic mass is 19.1. The molecule has 2 unspecified atom stereocenters. The Morgan fingerprint density at radius 2 is 2.00 bits per heavy atom. The van der Waals surface area contributed by atoms with Gasteiger partial charge in [0.05, 0.1) is 23.6 Å². The van der Waals surface area contributed by atoms with Gasteiger partial charge < -0.3 is 24.0 Å². The maximum atomic E-state index is 15.7. The monoisotopic (exact) mass is 571 g/mol. The molecule has 1 aliphatic heterocycles. The Morgan fingerprint density at radius 3 is 2.76 bits per heavy atom. The second-order valence-electron chi connectivity index (χ2n) is 11.9. The van der Waals surface area contributed by atoms with Crippen LogP contribution in [-0.4, -0.2) is 58.9 Å². The fraction of sp³-hybridized carbons (Fsp3) is 0.412. The number of nitrogens with zero attached hydrogens (tertiary/aromatic N) is 3. The zero-order valence-corrected chi connectivity index (χ0v) is 24.3. The topological polar surface area (TPSA) is 76.8 Å². The number of carboxylic acids is 1. The SMILES string of the molecule is CN(C)CCC1COc2cc(OCc3ccccn3)ccc2-c2c(C3CCCC[C@@H]3F)c3ccc(C(=O)O)cc3n2C1. The number of hydrogen-bond donors (Lipinski definition) is 1. The van der Waals surface area contributed by atoms with Crippen LogP contribution >= 0.6 is 0 Å². The van der Waals surface area contributed by atoms with E-state index in [1.807, 2.05) is 42.5 Å². The summed E-state index contributed by atoms with van der Waals surface area (Å²) in [6.45, 7) is 2.39. The first kappa shape index (κ1) is 28.2. The molecule has 6 rings (SSSR count). The number of carbonyl (C=O) groups is 1. The van der Waals surface area contributed by atoms with E-state index in [0.29, 0.717) is 37.7 Å². The number of rotatable bonds is 8. The van der Waals surface area contributed by atoms with Crippen LogP contribution in [0.1, 0.15) is 59.6 Å². The molecule has 0 spiro atoms. The minimum Gasteiger partial charge on any atom is -0.492 e. The van der Waals surface area contributed by atoms with Crippen LogP contribution in [0.5, 0.6) is 11.5 Å². The van der Waals surface area contributed by atoms with Crippen molar-refractivity contribution in [1.29, 1.82) is 0 Å². The predicted octanol–water partition coefficient (Wildman–Crippen LogP) is 6.94. The Kier molecular flexibility index (Phi) is 8.16. The van der Waals surface area contributed by atoms with Gasteiger partial charge in [0.2, 0.25) is 0 Å². The molecular formula is C34H38FN3O4. The highest BCUT2D eigenvalue weighted by molar-refractivity contribution is 5.98. The number of aromatic nitrogens is 2. The van der Waals surface area contributed by atoms with Crippen molar-refractivity contribution in [2.45, 2.75) is 57.3 Å². The van der Waals surface area contributed by atoms with Crippen molar-refractivity contribution in [3.05, 3.63) is 77.6 Å². The molecule has 7 nitrogen and oxygen atoms in total. The lowest BCUT2D eigenvalue weighted by atomic mass is 9.80. The zero-order valence-electron chi connectivity index (χ0n) is 24.3. The standard InChI is InChI=1S/C34H38FN3O4/c1-37(2)16-14-22-19-38-30-17-23(34(39)40)10-12-27(30)32(26-8-3-4-9-29(26)35)33(38)28-13-11-25(18-31(28)42-20-22)41-21-24-7-5-6-15-36-24/h5-7,10-13,15,17-18,22,26,29H,3-4,8-9,14,16,19-21H2,1-2H3,(H,39,40)/t22?,26?,29-/m0/s1. The lowest BCUT2D eigenvalue weighted by molar-refractivity contribution is 0.0697. The molecule has 42 heavy (non-hydrogen) atoms. The van der Waals surface area contributed by atoms with Crippen molar-refractivity contribution in [3.8, 4) is 22.8 Å². The summed E-state index contributed by atoms with van der Waals surface area (Å²) in [5, 5.41) is 10.8. The van der Waals surface area contributed by atoms with Crippen molar-refractivity contribution in [3.63, 3.8) is 0 Å². The molecule has 3 atom stereocenters. The van der Waals surface area contributed by atoms with Crippen molar-refractivity contribution < 1.29 is 23.8 Å². The van der Waals surface area contributed by atoms with Crippen molar-refractivity contribution in [2.24, 2.45) is 5.92 Å². The number of alkyl halides is 1. The number of ether oxygens (including phenoxy) is 2. The third-order valence-electron chi connectivity index (χ3n) is 8.62. The van der Waals surface area contributed by atoms with Crippen LogP contribution in [0.15, 0.2) is 60.8 Å². The van der Waals surface area contributed by atoms with Gasteiger partial charge in [-0.3, -0.25) is 4.98 Å². The molecular weight excluding hydrogens is 533 g/mol. The molecule has 2 aromatic heterocycles. The molecule has 0 saturated heterocycles. The molecule has 2 aromatic carbocycles. The van der Waals surface area contributed by atoms with E-state index in [2.05, 4.69) is 28.5 Å². The van der Waals surface area contributed by atoms with Crippen LogP contribution in [0.2, 0.25) is 0 Å². The minimum absolute atomic E-state index is 0.168. The first-order valence-electron chi connectivity index (χ1n) is 14.9. The third kappa shape index (κ3) is 5.73. The Morgan fingerprint density at radius 1 is 1.14 bits per heavy atom. The Bertz CT molecular complexity index is 1570. The molecule has 0 radical (unpaired) electrons. The van der Waals surface area contributed by atoms with Gasteiger partial charge in [-0.25, -0.2) is 9.18 Å². The summed E-state index contributed by atoms with van der Waals surface area (Å²) in [5.74, 6) is 0.298. The summed E-state index contributed by atoms with van der Waals surface area (Å²) in [6.07, 6.45) is 4.86. The van der Waals surface area contributed by atoms with E-state index in [4.69, 9.17) is 9.47 Å². The van der Waals surface area contributed by atoms with Crippen LogP contribution in [0.3, 0.4) is 0 Å². The highest BCUT2D eigenvalue weighted by Crippen LogP contribution is 2.48. The molecule has 1 saturated carbocycles. The maximum absolute atomic E-state index is 15.7. The smallest absolute Gasteiger partial charge is 0.335 e. The minimum atomic E-state index is -0.969. The Labute approximate surface area is 245 Å². The third-order valence-corrected chi connectivity index (χ3v) is 8.62. The van der Waals surface area contributed by atoms with E-state index in [1.54, 1.807) is 18.3 Å². The number of hydrogen-bond acceptors (Lipinski definition) is 5. The van der Waals surface area contributed by atoms with E-state index in [1.165, 1.54) is 0 Å². The number of benzene rings is 2. The van der Waals surface area contributed by atoms with E-state index in [9.17, 15) is 9.90 Å². The molecule has 1 fully saturated rings. The second kappa shape index (κ2) is 12.1. The molecule has 2 aliphatic rings. The van der Waals surface area contributed by atoms with Crippen LogP contribution in [-0.2, 0) is 13.2 Å². The van der Waals surface area contributed by atoms with Gasteiger partial charge >= 0.3 is 5.97 Å².